The molecule has 2 unspecified atom stereocenters. The van der Waals surface area contributed by atoms with Crippen molar-refractivity contribution in [1.29, 1.82) is 0 Å². The lowest BCUT2D eigenvalue weighted by Crippen LogP contribution is -2.52. The Kier molecular flexibility index (Phi) is 5.63. The average molecular weight is 505 g/mol. The van der Waals surface area contributed by atoms with E-state index in [2.05, 4.69) is 14.8 Å². The van der Waals surface area contributed by atoms with Gasteiger partial charge in [-0.05, 0) is 64.5 Å². The number of allylic oxidation sites excluding steroid dienone is 4. The minimum atomic E-state index is -4.74. The van der Waals surface area contributed by atoms with Crippen LogP contribution in [0, 0.1) is 18.8 Å². The highest BCUT2D eigenvalue weighted by molar-refractivity contribution is 7.93. The summed E-state index contributed by atoms with van der Waals surface area (Å²) < 4.78 is 72.5. The number of imidazole rings is 1. The highest BCUT2D eigenvalue weighted by Crippen LogP contribution is 2.46. The zero-order valence-electron chi connectivity index (χ0n) is 19.0. The molecule has 182 valence electrons. The molecule has 12 heteroatoms. The topological polar surface area (TPSA) is 96.6 Å². The Labute approximate surface area is 194 Å². The Hall–Kier alpha value is -1.76. The first kappa shape index (κ1) is 24.4. The number of aryl methyl sites for hydroxylation is 1. The molecule has 0 aromatic carbocycles. The van der Waals surface area contributed by atoms with Crippen molar-refractivity contribution in [1.82, 2.24) is 19.3 Å². The fraction of sp³-hybridized carbons (Fsp3) is 0.619. The van der Waals surface area contributed by atoms with Gasteiger partial charge in [-0.15, -0.1) is 0 Å². The summed E-state index contributed by atoms with van der Waals surface area (Å²) >= 11 is 1.17. The van der Waals surface area contributed by atoms with Crippen LogP contribution in [0.1, 0.15) is 63.4 Å². The molecule has 0 saturated heterocycles. The predicted octanol–water partition coefficient (Wildman–Crippen LogP) is 4.28. The number of hydrogen-bond acceptors (Lipinski definition) is 6. The molecule has 2 aromatic heterocycles. The second kappa shape index (κ2) is 7.62. The third-order valence-electron chi connectivity index (χ3n) is 6.25. The van der Waals surface area contributed by atoms with Gasteiger partial charge in [-0.3, -0.25) is 0 Å². The van der Waals surface area contributed by atoms with Gasteiger partial charge in [0.1, 0.15) is 10.6 Å². The zero-order valence-corrected chi connectivity index (χ0v) is 20.6. The van der Waals surface area contributed by atoms with E-state index in [4.69, 9.17) is 0 Å². The minimum Gasteiger partial charge on any atom is -0.383 e. The molecule has 2 aliphatic carbocycles. The van der Waals surface area contributed by atoms with Gasteiger partial charge < -0.3 is 5.11 Å². The average Bonchev–Trinajstić information content (AvgIpc) is 3.14. The summed E-state index contributed by atoms with van der Waals surface area (Å²) in [6.45, 7) is 7.91. The summed E-state index contributed by atoms with van der Waals surface area (Å²) in [7, 11) is -4.41. The van der Waals surface area contributed by atoms with E-state index in [-0.39, 0.29) is 0 Å². The zero-order chi connectivity index (χ0) is 24.6. The van der Waals surface area contributed by atoms with Gasteiger partial charge >= 0.3 is 6.18 Å². The molecule has 0 amide bonds. The van der Waals surface area contributed by atoms with Crippen molar-refractivity contribution in [2.75, 3.05) is 0 Å². The van der Waals surface area contributed by atoms with Crippen LogP contribution >= 0.6 is 11.3 Å². The van der Waals surface area contributed by atoms with Gasteiger partial charge in [-0.2, -0.15) is 18.3 Å². The van der Waals surface area contributed by atoms with Crippen LogP contribution in [0.25, 0.3) is 10.5 Å². The van der Waals surface area contributed by atoms with Crippen LogP contribution in [0.5, 0.6) is 0 Å². The van der Waals surface area contributed by atoms with Crippen LogP contribution in [-0.4, -0.2) is 39.8 Å². The van der Waals surface area contributed by atoms with Gasteiger partial charge in [0.25, 0.3) is 0 Å². The highest BCUT2D eigenvalue weighted by atomic mass is 32.2. The number of nitrogens with one attached hydrogen (secondary N) is 1. The fourth-order valence-corrected chi connectivity index (χ4v) is 7.28. The Bertz CT molecular complexity index is 1260. The predicted molar refractivity (Wildman–Crippen MR) is 120 cm³/mol. The molecule has 2 heterocycles. The molecule has 0 spiro atoms. The van der Waals surface area contributed by atoms with E-state index in [0.717, 1.165) is 12.5 Å². The number of fused-ring (bicyclic) bond motifs is 1. The number of halogens is 3. The Morgan fingerprint density at radius 1 is 1.30 bits per heavy atom. The van der Waals surface area contributed by atoms with Crippen LogP contribution < -0.4 is 4.72 Å². The van der Waals surface area contributed by atoms with E-state index >= 15 is 0 Å². The monoisotopic (exact) mass is 504 g/mol. The molecular formula is C21H27F3N4O3S2. The molecule has 2 N–H and O–H groups in total. The molecule has 1 fully saturated rings. The molecule has 2 atom stereocenters. The number of aliphatic hydroxyl groups is 1. The van der Waals surface area contributed by atoms with Gasteiger partial charge in [-0.1, -0.05) is 24.3 Å². The van der Waals surface area contributed by atoms with Crippen LogP contribution in [0.3, 0.4) is 0 Å². The standard InChI is InChI=1S/C21H27F3N4O3S2/c1-11-9-13(16-12(2)25-18-28(16)26-17(32-18)19(3,4)29)10-14(15(11)21(22,23)24)33(30,31)27-20(5)7-6-8-20/h9-11,15,27,29H,6-8H2,1-5H3. The molecule has 0 radical (unpaired) electrons. The maximum Gasteiger partial charge on any atom is 0.397 e. The second-order valence-electron chi connectivity index (χ2n) is 9.77. The number of alkyl halides is 3. The first-order valence-corrected chi connectivity index (χ1v) is 13.0. The van der Waals surface area contributed by atoms with E-state index in [1.807, 2.05) is 0 Å². The van der Waals surface area contributed by atoms with E-state index in [1.165, 1.54) is 28.9 Å². The summed E-state index contributed by atoms with van der Waals surface area (Å²) in [6, 6.07) is 0. The quantitative estimate of drug-likeness (QED) is 0.634. The number of nitrogens with zero attached hydrogens (tertiary/aromatic N) is 3. The van der Waals surface area contributed by atoms with E-state index in [9.17, 15) is 26.7 Å². The number of hydrogen-bond donors (Lipinski definition) is 2. The first-order valence-electron chi connectivity index (χ1n) is 10.7. The highest BCUT2D eigenvalue weighted by Gasteiger charge is 2.51. The molecule has 2 aliphatic rings. The smallest absolute Gasteiger partial charge is 0.383 e. The van der Waals surface area contributed by atoms with Gasteiger partial charge in [0.2, 0.25) is 15.0 Å². The second-order valence-corrected chi connectivity index (χ2v) is 12.4. The summed E-state index contributed by atoms with van der Waals surface area (Å²) in [5.74, 6) is -3.28. The molecule has 7 nitrogen and oxygen atoms in total. The van der Waals surface area contributed by atoms with Gasteiger partial charge in [-0.25, -0.2) is 22.6 Å². The molecule has 1 saturated carbocycles. The number of aromatic nitrogens is 3. The SMILES string of the molecule is Cc1nc2sc(C(C)(C)O)nn2c1C1=CC(C)C(C(F)(F)F)C(S(=O)(=O)NC2(C)CCC2)=C1. The van der Waals surface area contributed by atoms with Crippen LogP contribution in [0.2, 0.25) is 0 Å². The minimum absolute atomic E-state index is 0.305. The largest absolute Gasteiger partial charge is 0.397 e. The lowest BCUT2D eigenvalue weighted by molar-refractivity contribution is -0.170. The van der Waals surface area contributed by atoms with Crippen molar-refractivity contribution < 1.29 is 26.7 Å². The van der Waals surface area contributed by atoms with Crippen LogP contribution in [-0.2, 0) is 15.6 Å². The van der Waals surface area contributed by atoms with Crippen molar-refractivity contribution in [2.24, 2.45) is 11.8 Å². The third kappa shape index (κ3) is 4.38. The van der Waals surface area contributed by atoms with Crippen molar-refractivity contribution in [3.8, 4) is 0 Å². The summed E-state index contributed by atoms with van der Waals surface area (Å²) in [6.07, 6.45) is -0.240. The lowest BCUT2D eigenvalue weighted by Gasteiger charge is -2.40. The van der Waals surface area contributed by atoms with E-state index < -0.39 is 44.1 Å². The first-order chi connectivity index (χ1) is 15.0. The van der Waals surface area contributed by atoms with Crippen LogP contribution in [0.15, 0.2) is 17.1 Å². The van der Waals surface area contributed by atoms with Gasteiger partial charge in [0, 0.05) is 5.54 Å². The molecule has 0 bridgehead atoms. The van der Waals surface area contributed by atoms with E-state index in [0.29, 0.717) is 39.8 Å². The maximum absolute atomic E-state index is 14.0. The summed E-state index contributed by atoms with van der Waals surface area (Å²) in [5, 5.41) is 15.1. The molecule has 4 rings (SSSR count). The number of rotatable bonds is 5. The van der Waals surface area contributed by atoms with Crippen LogP contribution in [0.4, 0.5) is 13.2 Å². The molecule has 33 heavy (non-hydrogen) atoms. The molecule has 2 aromatic rings. The van der Waals surface area contributed by atoms with Crippen molar-refractivity contribution in [2.45, 2.75) is 71.2 Å². The number of sulfonamides is 1. The Balaban J connectivity index is 1.86. The van der Waals surface area contributed by atoms with Gasteiger partial charge in [0.15, 0.2) is 0 Å². The summed E-state index contributed by atoms with van der Waals surface area (Å²) in [4.78, 5) is 4.20. The fourth-order valence-electron chi connectivity index (χ4n) is 4.40. The third-order valence-corrected chi connectivity index (χ3v) is 9.22. The molecular weight excluding hydrogens is 477 g/mol. The Morgan fingerprint density at radius 2 is 1.94 bits per heavy atom. The summed E-state index contributed by atoms with van der Waals surface area (Å²) in [5.41, 5.74) is -0.742. The Morgan fingerprint density at radius 3 is 2.45 bits per heavy atom. The molecule has 0 aliphatic heterocycles. The van der Waals surface area contributed by atoms with Gasteiger partial charge in [0.05, 0.1) is 22.2 Å². The van der Waals surface area contributed by atoms with E-state index in [1.54, 1.807) is 27.7 Å². The van der Waals surface area contributed by atoms with Crippen molar-refractivity contribution in [3.05, 3.63) is 33.5 Å². The normalized spacial score (nSPS) is 23.9. The maximum atomic E-state index is 14.0. The van der Waals surface area contributed by atoms with Crippen molar-refractivity contribution >= 4 is 31.9 Å². The lowest BCUT2D eigenvalue weighted by atomic mass is 9.80. The van der Waals surface area contributed by atoms with Crippen molar-refractivity contribution in [3.63, 3.8) is 0 Å².